The molecule has 9 nitrogen and oxygen atoms in total. The number of sulfonamides is 1. The molecule has 0 aliphatic carbocycles. The molecular weight excluding hydrogens is 366 g/mol. The SMILES string of the molecule is CCNC(=NCc1cccc(S(=O)(=O)NC)c1)NCCn1cnnc1CC. The van der Waals surface area contributed by atoms with E-state index < -0.39 is 10.0 Å². The summed E-state index contributed by atoms with van der Waals surface area (Å²) in [6.45, 7) is 6.54. The summed E-state index contributed by atoms with van der Waals surface area (Å²) in [6, 6.07) is 6.76. The molecule has 0 aliphatic heterocycles. The van der Waals surface area contributed by atoms with E-state index in [-0.39, 0.29) is 4.90 Å². The molecule has 0 amide bonds. The number of aliphatic imine (C=N–C) groups is 1. The largest absolute Gasteiger partial charge is 0.357 e. The van der Waals surface area contributed by atoms with Crippen LogP contribution in [0, 0.1) is 0 Å². The number of nitrogens with zero attached hydrogens (tertiary/aromatic N) is 4. The van der Waals surface area contributed by atoms with Crippen LogP contribution in [0.25, 0.3) is 0 Å². The zero-order chi connectivity index (χ0) is 19.7. The summed E-state index contributed by atoms with van der Waals surface area (Å²) >= 11 is 0. The van der Waals surface area contributed by atoms with Gasteiger partial charge in [-0.1, -0.05) is 19.1 Å². The maximum absolute atomic E-state index is 11.9. The van der Waals surface area contributed by atoms with Crippen LogP contribution in [0.2, 0.25) is 0 Å². The van der Waals surface area contributed by atoms with Crippen molar-refractivity contribution in [3.8, 4) is 0 Å². The Morgan fingerprint density at radius 2 is 2.07 bits per heavy atom. The number of aryl methyl sites for hydroxylation is 1. The lowest BCUT2D eigenvalue weighted by molar-refractivity contribution is 0.588. The van der Waals surface area contributed by atoms with Crippen molar-refractivity contribution >= 4 is 16.0 Å². The molecule has 10 heteroatoms. The molecule has 27 heavy (non-hydrogen) atoms. The van der Waals surface area contributed by atoms with Gasteiger partial charge in [0, 0.05) is 26.1 Å². The fraction of sp³-hybridized carbons (Fsp3) is 0.471. The first-order valence-electron chi connectivity index (χ1n) is 8.91. The van der Waals surface area contributed by atoms with Crippen molar-refractivity contribution < 1.29 is 8.42 Å². The van der Waals surface area contributed by atoms with E-state index in [4.69, 9.17) is 0 Å². The van der Waals surface area contributed by atoms with Crippen molar-refractivity contribution in [2.24, 2.45) is 4.99 Å². The second kappa shape index (κ2) is 10.0. The first kappa shape index (κ1) is 20.8. The predicted octanol–water partition coefficient (Wildman–Crippen LogP) is 0.504. The minimum Gasteiger partial charge on any atom is -0.357 e. The molecule has 0 unspecified atom stereocenters. The van der Waals surface area contributed by atoms with Crippen LogP contribution in [0.3, 0.4) is 0 Å². The van der Waals surface area contributed by atoms with Gasteiger partial charge in [-0.3, -0.25) is 0 Å². The Morgan fingerprint density at radius 3 is 2.78 bits per heavy atom. The van der Waals surface area contributed by atoms with Crippen LogP contribution in [0.4, 0.5) is 0 Å². The molecule has 0 saturated heterocycles. The second-order valence-electron chi connectivity index (χ2n) is 5.77. The predicted molar refractivity (Wildman–Crippen MR) is 105 cm³/mol. The third kappa shape index (κ3) is 6.04. The van der Waals surface area contributed by atoms with E-state index in [0.29, 0.717) is 19.0 Å². The van der Waals surface area contributed by atoms with Gasteiger partial charge in [0.25, 0.3) is 0 Å². The van der Waals surface area contributed by atoms with Crippen LogP contribution in [0.5, 0.6) is 0 Å². The van der Waals surface area contributed by atoms with E-state index in [1.165, 1.54) is 7.05 Å². The van der Waals surface area contributed by atoms with E-state index in [1.807, 2.05) is 24.5 Å². The quantitative estimate of drug-likeness (QED) is 0.422. The van der Waals surface area contributed by atoms with Crippen molar-refractivity contribution in [1.82, 2.24) is 30.1 Å². The van der Waals surface area contributed by atoms with Gasteiger partial charge in [0.15, 0.2) is 5.96 Å². The highest BCUT2D eigenvalue weighted by Crippen LogP contribution is 2.11. The first-order chi connectivity index (χ1) is 13.0. The zero-order valence-electron chi connectivity index (χ0n) is 15.9. The lowest BCUT2D eigenvalue weighted by Gasteiger charge is -2.12. The van der Waals surface area contributed by atoms with E-state index >= 15 is 0 Å². The number of benzene rings is 1. The maximum Gasteiger partial charge on any atom is 0.240 e. The smallest absolute Gasteiger partial charge is 0.240 e. The summed E-state index contributed by atoms with van der Waals surface area (Å²) in [6.07, 6.45) is 2.55. The van der Waals surface area contributed by atoms with Gasteiger partial charge < -0.3 is 15.2 Å². The van der Waals surface area contributed by atoms with Gasteiger partial charge in [0.2, 0.25) is 10.0 Å². The van der Waals surface area contributed by atoms with Gasteiger partial charge in [-0.2, -0.15) is 0 Å². The molecule has 1 aromatic carbocycles. The summed E-state index contributed by atoms with van der Waals surface area (Å²) < 4.78 is 28.2. The van der Waals surface area contributed by atoms with Crippen molar-refractivity contribution in [1.29, 1.82) is 0 Å². The molecule has 0 saturated carbocycles. The number of aromatic nitrogens is 3. The molecule has 0 bridgehead atoms. The third-order valence-corrected chi connectivity index (χ3v) is 5.31. The van der Waals surface area contributed by atoms with Crippen LogP contribution in [-0.2, 0) is 29.5 Å². The van der Waals surface area contributed by atoms with Crippen LogP contribution in [-0.4, -0.2) is 49.3 Å². The average Bonchev–Trinajstić information content (AvgIpc) is 3.14. The van der Waals surface area contributed by atoms with Crippen molar-refractivity contribution in [3.63, 3.8) is 0 Å². The summed E-state index contributed by atoms with van der Waals surface area (Å²) in [5.41, 5.74) is 0.815. The van der Waals surface area contributed by atoms with Crippen molar-refractivity contribution in [2.45, 2.75) is 38.3 Å². The molecule has 2 rings (SSSR count). The topological polar surface area (TPSA) is 113 Å². The monoisotopic (exact) mass is 393 g/mol. The van der Waals surface area contributed by atoms with Gasteiger partial charge >= 0.3 is 0 Å². The minimum atomic E-state index is -3.46. The molecule has 1 aromatic heterocycles. The lowest BCUT2D eigenvalue weighted by atomic mass is 10.2. The van der Waals surface area contributed by atoms with Gasteiger partial charge in [-0.15, -0.1) is 10.2 Å². The standard InChI is InChI=1S/C17H27N7O2S/c1-4-16-23-22-13-24(16)10-9-20-17(19-5-2)21-12-14-7-6-8-15(11-14)27(25,26)18-3/h6-8,11,13,18H,4-5,9-10,12H2,1-3H3,(H2,19,20,21). The van der Waals surface area contributed by atoms with Gasteiger partial charge in [0.1, 0.15) is 12.2 Å². The Morgan fingerprint density at radius 1 is 1.26 bits per heavy atom. The van der Waals surface area contributed by atoms with Crippen molar-refractivity contribution in [2.75, 3.05) is 20.1 Å². The second-order valence-corrected chi connectivity index (χ2v) is 7.66. The highest BCUT2D eigenvalue weighted by molar-refractivity contribution is 7.89. The Labute approximate surface area is 160 Å². The van der Waals surface area contributed by atoms with Crippen LogP contribution in [0.1, 0.15) is 25.2 Å². The molecule has 0 fully saturated rings. The summed E-state index contributed by atoms with van der Waals surface area (Å²) in [5.74, 6) is 1.62. The van der Waals surface area contributed by atoms with E-state index in [9.17, 15) is 8.42 Å². The number of hydrogen-bond donors (Lipinski definition) is 3. The minimum absolute atomic E-state index is 0.232. The van der Waals surface area contributed by atoms with Gasteiger partial charge in [-0.05, 0) is 31.7 Å². The number of guanidine groups is 1. The molecule has 0 radical (unpaired) electrons. The lowest BCUT2D eigenvalue weighted by Crippen LogP contribution is -2.38. The van der Waals surface area contributed by atoms with E-state index in [1.54, 1.807) is 24.5 Å². The van der Waals surface area contributed by atoms with Gasteiger partial charge in [0.05, 0.1) is 11.4 Å². The number of rotatable bonds is 9. The van der Waals surface area contributed by atoms with Crippen LogP contribution in [0.15, 0.2) is 40.5 Å². The summed E-state index contributed by atoms with van der Waals surface area (Å²) in [5, 5.41) is 14.4. The highest BCUT2D eigenvalue weighted by atomic mass is 32.2. The number of nitrogens with one attached hydrogen (secondary N) is 3. The molecule has 0 spiro atoms. The summed E-state index contributed by atoms with van der Waals surface area (Å²) in [7, 11) is -2.06. The Kier molecular flexibility index (Phi) is 7.74. The zero-order valence-corrected chi connectivity index (χ0v) is 16.8. The number of hydrogen-bond acceptors (Lipinski definition) is 5. The molecule has 3 N–H and O–H groups in total. The van der Waals surface area contributed by atoms with Crippen molar-refractivity contribution in [3.05, 3.63) is 42.0 Å². The average molecular weight is 394 g/mol. The molecular formula is C17H27N7O2S. The molecule has 0 atom stereocenters. The van der Waals surface area contributed by atoms with E-state index in [2.05, 4.69) is 30.5 Å². The van der Waals surface area contributed by atoms with Crippen LogP contribution >= 0.6 is 0 Å². The van der Waals surface area contributed by atoms with Crippen LogP contribution < -0.4 is 15.4 Å². The highest BCUT2D eigenvalue weighted by Gasteiger charge is 2.11. The first-order valence-corrected chi connectivity index (χ1v) is 10.4. The third-order valence-electron chi connectivity index (χ3n) is 3.90. The fourth-order valence-corrected chi connectivity index (χ4v) is 3.28. The summed E-state index contributed by atoms with van der Waals surface area (Å²) in [4.78, 5) is 4.76. The van der Waals surface area contributed by atoms with E-state index in [0.717, 1.165) is 30.9 Å². The Hall–Kier alpha value is -2.46. The molecule has 2 aromatic rings. The normalized spacial score (nSPS) is 12.2. The fourth-order valence-electron chi connectivity index (χ4n) is 2.48. The van der Waals surface area contributed by atoms with Gasteiger partial charge in [-0.25, -0.2) is 18.1 Å². The molecule has 0 aliphatic rings. The Bertz CT molecular complexity index is 862. The molecule has 1 heterocycles. The Balaban J connectivity index is 2.00. The maximum atomic E-state index is 11.9. The molecule has 148 valence electrons.